The second kappa shape index (κ2) is 8.93. The predicted molar refractivity (Wildman–Crippen MR) is 111 cm³/mol. The number of likely N-dealkylation sites (tertiary alicyclic amines) is 1. The third-order valence-electron chi connectivity index (χ3n) is 5.43. The fourth-order valence-corrected chi connectivity index (χ4v) is 3.86. The normalized spacial score (nSPS) is 18.0. The second-order valence-electron chi connectivity index (χ2n) is 8.78. The van der Waals surface area contributed by atoms with Crippen LogP contribution in [0.5, 0.6) is 0 Å². The fourth-order valence-electron chi connectivity index (χ4n) is 3.86. The first-order chi connectivity index (χ1) is 14.2. The molecule has 0 bridgehead atoms. The molecule has 0 aromatic heterocycles. The molecule has 2 aliphatic rings. The summed E-state index contributed by atoms with van der Waals surface area (Å²) >= 11 is 0. The first-order valence-electron chi connectivity index (χ1n) is 10.4. The summed E-state index contributed by atoms with van der Waals surface area (Å²) in [6.07, 6.45) is 1.23. The highest BCUT2D eigenvalue weighted by atomic mass is 16.6. The molecule has 0 atom stereocenters. The molecule has 2 saturated heterocycles. The molecule has 8 heteroatoms. The molecule has 0 spiro atoms. The van der Waals surface area contributed by atoms with E-state index in [1.54, 1.807) is 17.0 Å². The summed E-state index contributed by atoms with van der Waals surface area (Å²) in [6, 6.07) is 7.30. The standard InChI is InChI=1S/C22H31N3O5/c1-22(2,3)30-21(28)23-11-9-18(10-12-23)25-14-13-24(20(25)27)15-16-5-7-17(8-6-16)19(26)29-4/h5-8,18H,9-15H2,1-4H3. The molecule has 0 saturated carbocycles. The Morgan fingerprint density at radius 2 is 1.67 bits per heavy atom. The van der Waals surface area contributed by atoms with E-state index in [2.05, 4.69) is 0 Å². The van der Waals surface area contributed by atoms with E-state index in [9.17, 15) is 14.4 Å². The van der Waals surface area contributed by atoms with E-state index >= 15 is 0 Å². The van der Waals surface area contributed by atoms with Gasteiger partial charge in [-0.3, -0.25) is 0 Å². The van der Waals surface area contributed by atoms with Gasteiger partial charge in [0, 0.05) is 38.8 Å². The maximum Gasteiger partial charge on any atom is 0.410 e. The zero-order chi connectivity index (χ0) is 21.9. The number of benzene rings is 1. The van der Waals surface area contributed by atoms with E-state index in [-0.39, 0.29) is 24.1 Å². The van der Waals surface area contributed by atoms with Crippen molar-refractivity contribution in [2.45, 2.75) is 51.8 Å². The molecule has 30 heavy (non-hydrogen) atoms. The highest BCUT2D eigenvalue weighted by molar-refractivity contribution is 5.89. The van der Waals surface area contributed by atoms with Crippen LogP contribution in [0.4, 0.5) is 9.59 Å². The van der Waals surface area contributed by atoms with Gasteiger partial charge in [-0.1, -0.05) is 12.1 Å². The van der Waals surface area contributed by atoms with Crippen LogP contribution < -0.4 is 0 Å². The molecule has 0 aliphatic carbocycles. The minimum Gasteiger partial charge on any atom is -0.465 e. The molecule has 164 valence electrons. The Bertz CT molecular complexity index is 779. The van der Waals surface area contributed by atoms with Gasteiger partial charge in [0.1, 0.15) is 5.60 Å². The first-order valence-corrected chi connectivity index (χ1v) is 10.4. The zero-order valence-electron chi connectivity index (χ0n) is 18.2. The van der Waals surface area contributed by atoms with E-state index in [4.69, 9.17) is 9.47 Å². The monoisotopic (exact) mass is 417 g/mol. The SMILES string of the molecule is COC(=O)c1ccc(CN2CCN(C3CCN(C(=O)OC(C)(C)C)CC3)C2=O)cc1. The van der Waals surface area contributed by atoms with Crippen molar-refractivity contribution in [1.29, 1.82) is 0 Å². The predicted octanol–water partition coefficient (Wildman–Crippen LogP) is 3.11. The quantitative estimate of drug-likeness (QED) is 0.704. The van der Waals surface area contributed by atoms with Gasteiger partial charge in [0.05, 0.1) is 12.7 Å². The number of methoxy groups -OCH3 is 1. The molecule has 1 aromatic carbocycles. The molecule has 0 N–H and O–H groups in total. The van der Waals surface area contributed by atoms with Gasteiger partial charge in [-0.05, 0) is 51.3 Å². The Morgan fingerprint density at radius 1 is 1.03 bits per heavy atom. The molecule has 8 nitrogen and oxygen atoms in total. The average Bonchev–Trinajstić information content (AvgIpc) is 3.07. The molecular formula is C22H31N3O5. The van der Waals surface area contributed by atoms with Crippen molar-refractivity contribution in [1.82, 2.24) is 14.7 Å². The van der Waals surface area contributed by atoms with E-state index in [1.165, 1.54) is 7.11 Å². The number of hydrogen-bond donors (Lipinski definition) is 0. The van der Waals surface area contributed by atoms with E-state index in [0.29, 0.717) is 38.3 Å². The van der Waals surface area contributed by atoms with E-state index in [1.807, 2.05) is 42.7 Å². The number of carbonyl (C=O) groups is 3. The van der Waals surface area contributed by atoms with Crippen LogP contribution >= 0.6 is 0 Å². The van der Waals surface area contributed by atoms with Crippen LogP contribution in [0.2, 0.25) is 0 Å². The Kier molecular flexibility index (Phi) is 6.53. The van der Waals surface area contributed by atoms with Crippen LogP contribution in [0, 0.1) is 0 Å². The summed E-state index contributed by atoms with van der Waals surface area (Å²) in [7, 11) is 1.35. The summed E-state index contributed by atoms with van der Waals surface area (Å²) in [5.41, 5.74) is 0.957. The number of nitrogens with zero attached hydrogens (tertiary/aromatic N) is 3. The Hall–Kier alpha value is -2.77. The number of carbonyl (C=O) groups excluding carboxylic acids is 3. The van der Waals surface area contributed by atoms with Crippen molar-refractivity contribution in [2.75, 3.05) is 33.3 Å². The number of urea groups is 1. The number of esters is 1. The Labute approximate surface area is 177 Å². The van der Waals surface area contributed by atoms with Gasteiger partial charge < -0.3 is 24.2 Å². The maximum absolute atomic E-state index is 12.9. The Balaban J connectivity index is 1.51. The minimum absolute atomic E-state index is 0.0303. The van der Waals surface area contributed by atoms with Gasteiger partial charge >= 0.3 is 18.1 Å². The summed E-state index contributed by atoms with van der Waals surface area (Å²) in [5, 5.41) is 0. The second-order valence-corrected chi connectivity index (χ2v) is 8.78. The molecule has 1 aromatic rings. The molecule has 2 heterocycles. The fraction of sp³-hybridized carbons (Fsp3) is 0.591. The van der Waals surface area contributed by atoms with Gasteiger partial charge in [0.15, 0.2) is 0 Å². The third-order valence-corrected chi connectivity index (χ3v) is 5.43. The number of amides is 3. The molecule has 0 radical (unpaired) electrons. The van der Waals surface area contributed by atoms with Gasteiger partial charge in [-0.2, -0.15) is 0 Å². The highest BCUT2D eigenvalue weighted by Crippen LogP contribution is 2.24. The molecular weight excluding hydrogens is 386 g/mol. The lowest BCUT2D eigenvalue weighted by molar-refractivity contribution is 0.0170. The number of rotatable bonds is 4. The van der Waals surface area contributed by atoms with Crippen molar-refractivity contribution < 1.29 is 23.9 Å². The minimum atomic E-state index is -0.506. The van der Waals surface area contributed by atoms with Crippen molar-refractivity contribution in [3.63, 3.8) is 0 Å². The Morgan fingerprint density at radius 3 is 2.23 bits per heavy atom. The van der Waals surface area contributed by atoms with Crippen molar-refractivity contribution >= 4 is 18.1 Å². The molecule has 2 fully saturated rings. The van der Waals surface area contributed by atoms with Crippen LogP contribution in [0.15, 0.2) is 24.3 Å². The smallest absolute Gasteiger partial charge is 0.410 e. The van der Waals surface area contributed by atoms with Crippen LogP contribution in [-0.2, 0) is 16.0 Å². The highest BCUT2D eigenvalue weighted by Gasteiger charge is 2.36. The molecule has 0 unspecified atom stereocenters. The molecule has 3 amide bonds. The summed E-state index contributed by atoms with van der Waals surface area (Å²) in [4.78, 5) is 42.2. The van der Waals surface area contributed by atoms with Crippen LogP contribution in [-0.4, -0.2) is 77.7 Å². The summed E-state index contributed by atoms with van der Waals surface area (Å²) in [6.45, 7) is 8.64. The topological polar surface area (TPSA) is 79.4 Å². The maximum atomic E-state index is 12.9. The lowest BCUT2D eigenvalue weighted by Gasteiger charge is -2.37. The summed E-state index contributed by atoms with van der Waals surface area (Å²) < 4.78 is 10.2. The van der Waals surface area contributed by atoms with Crippen molar-refractivity contribution in [3.05, 3.63) is 35.4 Å². The van der Waals surface area contributed by atoms with Crippen molar-refractivity contribution in [2.24, 2.45) is 0 Å². The van der Waals surface area contributed by atoms with Crippen LogP contribution in [0.3, 0.4) is 0 Å². The number of ether oxygens (including phenoxy) is 2. The lowest BCUT2D eigenvalue weighted by atomic mass is 10.0. The molecule has 3 rings (SSSR count). The number of hydrogen-bond acceptors (Lipinski definition) is 5. The largest absolute Gasteiger partial charge is 0.465 e. The lowest BCUT2D eigenvalue weighted by Crippen LogP contribution is -2.49. The average molecular weight is 418 g/mol. The van der Waals surface area contributed by atoms with E-state index in [0.717, 1.165) is 18.4 Å². The number of piperidine rings is 1. The van der Waals surface area contributed by atoms with Crippen LogP contribution in [0.1, 0.15) is 49.5 Å². The zero-order valence-corrected chi connectivity index (χ0v) is 18.2. The van der Waals surface area contributed by atoms with Crippen LogP contribution in [0.25, 0.3) is 0 Å². The van der Waals surface area contributed by atoms with Crippen molar-refractivity contribution in [3.8, 4) is 0 Å². The van der Waals surface area contributed by atoms with Gasteiger partial charge in [0.2, 0.25) is 0 Å². The van der Waals surface area contributed by atoms with Gasteiger partial charge in [-0.25, -0.2) is 14.4 Å². The third kappa shape index (κ3) is 5.23. The van der Waals surface area contributed by atoms with Gasteiger partial charge in [0.25, 0.3) is 0 Å². The van der Waals surface area contributed by atoms with Gasteiger partial charge in [-0.15, -0.1) is 0 Å². The first kappa shape index (κ1) is 21.9. The molecule has 2 aliphatic heterocycles. The summed E-state index contributed by atoms with van der Waals surface area (Å²) in [5.74, 6) is -0.373. The van der Waals surface area contributed by atoms with E-state index < -0.39 is 5.60 Å².